The highest BCUT2D eigenvalue weighted by Crippen LogP contribution is 2.39. The number of imide groups is 1. The third-order valence-electron chi connectivity index (χ3n) is 7.80. The Kier molecular flexibility index (Phi) is 9.02. The van der Waals surface area contributed by atoms with Gasteiger partial charge in [0.2, 0.25) is 0 Å². The van der Waals surface area contributed by atoms with Crippen LogP contribution in [0.1, 0.15) is 78.2 Å². The first kappa shape index (κ1) is 34.7. The summed E-state index contributed by atoms with van der Waals surface area (Å²) in [5, 5.41) is 2.73. The van der Waals surface area contributed by atoms with Crippen molar-refractivity contribution in [2.75, 3.05) is 39.0 Å². The number of hydrogen-bond donors (Lipinski definition) is 2. The number of amides is 4. The van der Waals surface area contributed by atoms with Gasteiger partial charge in [-0.15, -0.1) is 0 Å². The molecule has 1 fully saturated rings. The first-order chi connectivity index (χ1) is 22.9. The van der Waals surface area contributed by atoms with Crippen molar-refractivity contribution in [3.63, 3.8) is 0 Å². The number of aromatic nitrogens is 1. The fraction of sp³-hybridized carbons (Fsp3) is 0.371. The van der Waals surface area contributed by atoms with Crippen LogP contribution in [0.3, 0.4) is 0 Å². The monoisotopic (exact) mass is 673 g/mol. The highest BCUT2D eigenvalue weighted by Gasteiger charge is 2.36. The number of carbonyl (C=O) groups excluding carboxylic acids is 6. The molecule has 2 aliphatic heterocycles. The van der Waals surface area contributed by atoms with Crippen molar-refractivity contribution in [1.29, 1.82) is 0 Å². The Bertz CT molecular complexity index is 1940. The highest BCUT2D eigenvalue weighted by atomic mass is 16.6. The zero-order valence-corrected chi connectivity index (χ0v) is 28.5. The molecule has 258 valence electrons. The Morgan fingerprint density at radius 1 is 0.816 bits per heavy atom. The molecule has 0 saturated carbocycles. The lowest BCUT2D eigenvalue weighted by atomic mass is 9.94. The third kappa shape index (κ3) is 7.12. The SMILES string of the molecule is COC(=O)/C=C/c1cc(-c2cc3cc(C(=O)N4CCN(C(=O)OC(C)(C)C)CC4)ccc3n2C(=O)OC(C)(C)C)c2c(c1N)C(=O)NC2=O. The average molecular weight is 674 g/mol. The molecule has 2 aliphatic rings. The molecular weight excluding hydrogens is 634 g/mol. The molecule has 0 bridgehead atoms. The van der Waals surface area contributed by atoms with Crippen molar-refractivity contribution in [3.8, 4) is 11.3 Å². The van der Waals surface area contributed by atoms with E-state index in [0.29, 0.717) is 42.6 Å². The highest BCUT2D eigenvalue weighted by molar-refractivity contribution is 6.27. The first-order valence-corrected chi connectivity index (χ1v) is 15.6. The summed E-state index contributed by atoms with van der Waals surface area (Å²) in [4.78, 5) is 81.1. The molecule has 49 heavy (non-hydrogen) atoms. The van der Waals surface area contributed by atoms with E-state index in [2.05, 4.69) is 10.1 Å². The molecule has 5 rings (SSSR count). The molecule has 1 aromatic heterocycles. The fourth-order valence-electron chi connectivity index (χ4n) is 5.64. The van der Waals surface area contributed by atoms with E-state index in [-0.39, 0.29) is 39.5 Å². The Hall–Kier alpha value is -5.66. The predicted molar refractivity (Wildman–Crippen MR) is 180 cm³/mol. The molecule has 0 unspecified atom stereocenters. The summed E-state index contributed by atoms with van der Waals surface area (Å²) in [5.41, 5.74) is 5.88. The van der Waals surface area contributed by atoms with Crippen LogP contribution < -0.4 is 11.1 Å². The second kappa shape index (κ2) is 12.7. The minimum atomic E-state index is -0.896. The topological polar surface area (TPSA) is 180 Å². The molecule has 3 heterocycles. The van der Waals surface area contributed by atoms with Crippen LogP contribution in [0.15, 0.2) is 36.4 Å². The van der Waals surface area contributed by atoms with Crippen molar-refractivity contribution in [2.45, 2.75) is 52.7 Å². The van der Waals surface area contributed by atoms with Crippen LogP contribution in [0.2, 0.25) is 0 Å². The first-order valence-electron chi connectivity index (χ1n) is 15.6. The minimum absolute atomic E-state index is 0.0400. The van der Waals surface area contributed by atoms with E-state index in [1.165, 1.54) is 23.8 Å². The molecule has 0 spiro atoms. The Balaban J connectivity index is 1.59. The van der Waals surface area contributed by atoms with Crippen molar-refractivity contribution < 1.29 is 43.0 Å². The molecule has 1 saturated heterocycles. The number of nitrogens with one attached hydrogen (secondary N) is 1. The zero-order chi connectivity index (χ0) is 36.0. The number of piperazine rings is 1. The van der Waals surface area contributed by atoms with Crippen LogP contribution >= 0.6 is 0 Å². The van der Waals surface area contributed by atoms with Crippen LogP contribution in [-0.2, 0) is 19.0 Å². The van der Waals surface area contributed by atoms with Crippen molar-refractivity contribution in [3.05, 3.63) is 58.7 Å². The van der Waals surface area contributed by atoms with E-state index >= 15 is 0 Å². The number of anilines is 1. The van der Waals surface area contributed by atoms with Crippen LogP contribution in [0.4, 0.5) is 15.3 Å². The van der Waals surface area contributed by atoms with Crippen LogP contribution in [-0.4, -0.2) is 94.7 Å². The summed E-state index contributed by atoms with van der Waals surface area (Å²) in [6.07, 6.45) is 1.26. The normalized spacial score (nSPS) is 15.0. The minimum Gasteiger partial charge on any atom is -0.466 e. The van der Waals surface area contributed by atoms with Gasteiger partial charge < -0.3 is 29.7 Å². The molecule has 14 nitrogen and oxygen atoms in total. The van der Waals surface area contributed by atoms with Crippen LogP contribution in [0.5, 0.6) is 0 Å². The molecule has 0 atom stereocenters. The van der Waals surface area contributed by atoms with E-state index in [1.54, 1.807) is 75.6 Å². The van der Waals surface area contributed by atoms with Gasteiger partial charge in [-0.2, -0.15) is 0 Å². The summed E-state index contributed by atoms with van der Waals surface area (Å²) < 4.78 is 17.1. The second-order valence-electron chi connectivity index (χ2n) is 13.7. The van der Waals surface area contributed by atoms with Gasteiger partial charge in [0.05, 0.1) is 35.1 Å². The molecule has 3 N–H and O–H groups in total. The number of esters is 1. The maximum atomic E-state index is 13.8. The van der Waals surface area contributed by atoms with Gasteiger partial charge in [-0.3, -0.25) is 19.7 Å². The number of rotatable bonds is 4. The summed E-state index contributed by atoms with van der Waals surface area (Å²) >= 11 is 0. The van der Waals surface area contributed by atoms with Gasteiger partial charge in [-0.05, 0) is 83.5 Å². The van der Waals surface area contributed by atoms with Gasteiger partial charge in [0, 0.05) is 48.8 Å². The average Bonchev–Trinajstić information content (AvgIpc) is 3.55. The van der Waals surface area contributed by atoms with Crippen molar-refractivity contribution >= 4 is 58.5 Å². The van der Waals surface area contributed by atoms with Crippen LogP contribution in [0.25, 0.3) is 28.2 Å². The van der Waals surface area contributed by atoms with Gasteiger partial charge in [0.25, 0.3) is 17.7 Å². The third-order valence-corrected chi connectivity index (χ3v) is 7.80. The van der Waals surface area contributed by atoms with Gasteiger partial charge in [-0.1, -0.05) is 0 Å². The predicted octanol–water partition coefficient (Wildman–Crippen LogP) is 4.44. The van der Waals surface area contributed by atoms with Crippen LogP contribution in [0, 0.1) is 0 Å². The van der Waals surface area contributed by atoms with Gasteiger partial charge in [0.15, 0.2) is 0 Å². The Labute approximate surface area is 282 Å². The maximum Gasteiger partial charge on any atom is 0.419 e. The van der Waals surface area contributed by atoms with Crippen molar-refractivity contribution in [2.24, 2.45) is 0 Å². The molecule has 0 radical (unpaired) electrons. The summed E-state index contributed by atoms with van der Waals surface area (Å²) in [6, 6.07) is 7.93. The number of ether oxygens (including phenoxy) is 3. The second-order valence-corrected chi connectivity index (χ2v) is 13.7. The van der Waals surface area contributed by atoms with Gasteiger partial charge >= 0.3 is 18.2 Å². The van der Waals surface area contributed by atoms with E-state index in [9.17, 15) is 28.8 Å². The van der Waals surface area contributed by atoms with E-state index in [1.807, 2.05) is 0 Å². The zero-order valence-electron chi connectivity index (χ0n) is 28.5. The quantitative estimate of drug-likeness (QED) is 0.132. The van der Waals surface area contributed by atoms with E-state index in [0.717, 1.165) is 6.08 Å². The molecule has 14 heteroatoms. The number of carbonyl (C=O) groups is 6. The van der Waals surface area contributed by atoms with Crippen molar-refractivity contribution in [1.82, 2.24) is 19.7 Å². The number of hydrogen-bond acceptors (Lipinski definition) is 10. The van der Waals surface area contributed by atoms with E-state index in [4.69, 9.17) is 15.2 Å². The molecule has 3 aromatic rings. The lowest BCUT2D eigenvalue weighted by molar-refractivity contribution is -0.134. The lowest BCUT2D eigenvalue weighted by Crippen LogP contribution is -2.51. The standard InChI is InChI=1S/C35H39N5O9/c1-34(2,3)48-32(45)39-14-12-38(13-15-39)31(44)20-8-10-23-21(16-20)18-24(40(23)33(46)49-35(4,5)6)22-17-19(9-11-25(41)47-7)28(36)27-26(22)29(42)37-30(27)43/h8-11,16-18H,12-15,36H2,1-7H3,(H,37,42,43)/b11-9+. The molecule has 0 aliphatic carbocycles. The van der Waals surface area contributed by atoms with Gasteiger partial charge in [-0.25, -0.2) is 19.0 Å². The number of benzene rings is 2. The number of methoxy groups -OCH3 is 1. The summed E-state index contributed by atoms with van der Waals surface area (Å²) in [5.74, 6) is -2.39. The number of fused-ring (bicyclic) bond motifs is 2. The lowest BCUT2D eigenvalue weighted by Gasteiger charge is -2.35. The van der Waals surface area contributed by atoms with E-state index < -0.39 is 41.2 Å². The number of nitrogen functional groups attached to an aromatic ring is 1. The molecule has 4 amide bonds. The molecular formula is C35H39N5O9. The fourth-order valence-corrected chi connectivity index (χ4v) is 5.64. The van der Waals surface area contributed by atoms with Gasteiger partial charge in [0.1, 0.15) is 11.2 Å². The Morgan fingerprint density at radius 3 is 2.02 bits per heavy atom. The summed E-state index contributed by atoms with van der Waals surface area (Å²) in [6.45, 7) is 11.7. The largest absolute Gasteiger partial charge is 0.466 e. The Morgan fingerprint density at radius 2 is 1.41 bits per heavy atom. The molecule has 2 aromatic carbocycles. The smallest absolute Gasteiger partial charge is 0.419 e. The number of nitrogens with zero attached hydrogens (tertiary/aromatic N) is 3. The number of nitrogens with two attached hydrogens (primary N) is 1. The summed E-state index contributed by atoms with van der Waals surface area (Å²) in [7, 11) is 1.21. The maximum absolute atomic E-state index is 13.8.